The molecule has 132 valence electrons. The van der Waals surface area contributed by atoms with Crippen LogP contribution in [0.2, 0.25) is 0 Å². The molecule has 3 aliphatic rings. The Kier molecular flexibility index (Phi) is 4.23. The summed E-state index contributed by atoms with van der Waals surface area (Å²) in [7, 11) is 0. The molecule has 0 radical (unpaired) electrons. The van der Waals surface area contributed by atoms with Gasteiger partial charge in [0.15, 0.2) is 0 Å². The van der Waals surface area contributed by atoms with Crippen LogP contribution in [0.1, 0.15) is 59.3 Å². The Hall–Kier alpha value is -1.42. The van der Waals surface area contributed by atoms with E-state index < -0.39 is 11.0 Å². The van der Waals surface area contributed by atoms with Gasteiger partial charge in [0.1, 0.15) is 11.4 Å². The monoisotopic (exact) mass is 331 g/mol. The van der Waals surface area contributed by atoms with Crippen molar-refractivity contribution in [1.82, 2.24) is 5.32 Å². The fourth-order valence-corrected chi connectivity index (χ4v) is 5.06. The highest BCUT2D eigenvalue weighted by atomic mass is 16.3. The molecule has 0 aromatic heterocycles. The number of hydrogen-bond acceptors (Lipinski definition) is 3. The maximum Gasteiger partial charge on any atom is 0.230 e. The zero-order valence-electron chi connectivity index (χ0n) is 15.0. The zero-order valence-corrected chi connectivity index (χ0v) is 15.0. The molecule has 2 aliphatic carbocycles. The van der Waals surface area contributed by atoms with Gasteiger partial charge in [-0.25, -0.2) is 0 Å². The summed E-state index contributed by atoms with van der Waals surface area (Å²) in [6, 6.07) is 0. The second-order valence-electron chi connectivity index (χ2n) is 8.57. The van der Waals surface area contributed by atoms with Crippen LogP contribution in [-0.2, 0) is 9.59 Å². The van der Waals surface area contributed by atoms with Gasteiger partial charge in [0.25, 0.3) is 0 Å². The lowest BCUT2D eigenvalue weighted by molar-refractivity contribution is -0.148. The molecule has 2 bridgehead atoms. The van der Waals surface area contributed by atoms with E-state index in [0.717, 1.165) is 24.8 Å². The molecule has 0 aromatic rings. The topological polar surface area (TPSA) is 66.4 Å². The van der Waals surface area contributed by atoms with Crippen LogP contribution in [0.3, 0.4) is 0 Å². The molecule has 2 fully saturated rings. The van der Waals surface area contributed by atoms with Gasteiger partial charge in [-0.15, -0.1) is 0 Å². The third kappa shape index (κ3) is 2.55. The van der Waals surface area contributed by atoms with E-state index in [1.165, 1.54) is 0 Å². The Morgan fingerprint density at radius 1 is 1.25 bits per heavy atom. The summed E-state index contributed by atoms with van der Waals surface area (Å²) in [5.41, 5.74) is 0.0454. The first-order chi connectivity index (χ1) is 11.2. The van der Waals surface area contributed by atoms with Crippen LogP contribution < -0.4 is 5.32 Å². The first-order valence-electron chi connectivity index (χ1n) is 9.10. The van der Waals surface area contributed by atoms with Crippen LogP contribution >= 0.6 is 0 Å². The summed E-state index contributed by atoms with van der Waals surface area (Å²) < 4.78 is 0. The minimum absolute atomic E-state index is 0.0148. The third-order valence-electron chi connectivity index (χ3n) is 6.59. The van der Waals surface area contributed by atoms with Gasteiger partial charge in [-0.1, -0.05) is 39.0 Å². The van der Waals surface area contributed by atoms with Crippen molar-refractivity contribution in [2.24, 2.45) is 23.2 Å². The van der Waals surface area contributed by atoms with Crippen molar-refractivity contribution in [2.75, 3.05) is 0 Å². The van der Waals surface area contributed by atoms with Crippen LogP contribution in [0.15, 0.2) is 23.9 Å². The molecule has 4 unspecified atom stereocenters. The summed E-state index contributed by atoms with van der Waals surface area (Å²) in [6.07, 6.45) is 6.14. The number of nitrogens with one attached hydrogen (secondary N) is 1. The minimum atomic E-state index is -1.16. The standard InChI is InChI=1S/C20H29NO3/c1-12-5-6-14-7-8-16-18(23)21-17(20(16,24)19(14,3)4)11-13(2)10-15(22)9-12/h11,13-14,16,24H,1,5-10H2,2-4H3,(H,21,23). The molecule has 2 N–H and O–H groups in total. The van der Waals surface area contributed by atoms with Crippen molar-refractivity contribution in [3.8, 4) is 0 Å². The van der Waals surface area contributed by atoms with Crippen molar-refractivity contribution >= 4 is 11.7 Å². The average molecular weight is 331 g/mol. The van der Waals surface area contributed by atoms with Crippen molar-refractivity contribution in [3.05, 3.63) is 23.9 Å². The van der Waals surface area contributed by atoms with Gasteiger partial charge in [-0.3, -0.25) is 9.59 Å². The molecule has 4 heteroatoms. The Bertz CT molecular complexity index is 618. The van der Waals surface area contributed by atoms with Crippen molar-refractivity contribution in [3.63, 3.8) is 0 Å². The molecule has 4 nitrogen and oxygen atoms in total. The molecule has 3 rings (SSSR count). The van der Waals surface area contributed by atoms with Gasteiger partial charge in [-0.05, 0) is 37.5 Å². The van der Waals surface area contributed by atoms with Gasteiger partial charge in [0.05, 0.1) is 5.92 Å². The lowest BCUT2D eigenvalue weighted by Gasteiger charge is -2.52. The maximum atomic E-state index is 12.5. The molecule has 1 aliphatic heterocycles. The molecule has 1 heterocycles. The van der Waals surface area contributed by atoms with Gasteiger partial charge >= 0.3 is 0 Å². The zero-order chi connectivity index (χ0) is 17.7. The molecule has 1 saturated heterocycles. The van der Waals surface area contributed by atoms with Gasteiger partial charge in [0.2, 0.25) is 5.91 Å². The highest BCUT2D eigenvalue weighted by Gasteiger charge is 2.63. The van der Waals surface area contributed by atoms with Gasteiger partial charge < -0.3 is 10.4 Å². The lowest BCUT2D eigenvalue weighted by atomic mass is 9.54. The third-order valence-corrected chi connectivity index (χ3v) is 6.59. The highest BCUT2D eigenvalue weighted by molar-refractivity contribution is 5.87. The predicted molar refractivity (Wildman–Crippen MR) is 92.9 cm³/mol. The number of amides is 1. The summed E-state index contributed by atoms with van der Waals surface area (Å²) >= 11 is 0. The number of hydrogen-bond donors (Lipinski definition) is 2. The fourth-order valence-electron chi connectivity index (χ4n) is 5.06. The van der Waals surface area contributed by atoms with Gasteiger partial charge in [-0.2, -0.15) is 0 Å². The predicted octanol–water partition coefficient (Wildman–Crippen LogP) is 3.12. The molecular formula is C20H29NO3. The Morgan fingerprint density at radius 3 is 2.67 bits per heavy atom. The average Bonchev–Trinajstić information content (AvgIpc) is 2.70. The Morgan fingerprint density at radius 2 is 1.96 bits per heavy atom. The largest absolute Gasteiger partial charge is 0.382 e. The summed E-state index contributed by atoms with van der Waals surface area (Å²) in [5, 5.41) is 14.6. The van der Waals surface area contributed by atoms with E-state index in [4.69, 9.17) is 0 Å². The van der Waals surface area contributed by atoms with E-state index >= 15 is 0 Å². The SMILES string of the molecule is C=C1CCC2CCC3C(=O)NC(=CC(C)CC(=O)C1)C3(O)C2(C)C. The summed E-state index contributed by atoms with van der Waals surface area (Å²) in [4.78, 5) is 24.7. The molecule has 0 aromatic carbocycles. The van der Waals surface area contributed by atoms with Gasteiger partial charge in [0, 0.05) is 24.0 Å². The van der Waals surface area contributed by atoms with E-state index in [0.29, 0.717) is 30.9 Å². The number of allylic oxidation sites excluding steroid dienone is 2. The first kappa shape index (κ1) is 17.4. The van der Waals surface area contributed by atoms with Crippen LogP contribution in [0, 0.1) is 23.2 Å². The molecule has 24 heavy (non-hydrogen) atoms. The number of Topliss-reactive ketones (excluding diaryl/α,β-unsaturated/α-hetero) is 1. The van der Waals surface area contributed by atoms with Crippen molar-refractivity contribution in [2.45, 2.75) is 64.9 Å². The van der Waals surface area contributed by atoms with E-state index in [9.17, 15) is 14.7 Å². The second-order valence-corrected chi connectivity index (χ2v) is 8.57. The van der Waals surface area contributed by atoms with E-state index in [1.54, 1.807) is 0 Å². The molecule has 0 spiro atoms. The number of aliphatic hydroxyl groups is 1. The normalized spacial score (nSPS) is 39.6. The fraction of sp³-hybridized carbons (Fsp3) is 0.700. The van der Waals surface area contributed by atoms with E-state index in [2.05, 4.69) is 25.7 Å². The maximum absolute atomic E-state index is 12.5. The Balaban J connectivity index is 2.07. The number of rotatable bonds is 0. The van der Waals surface area contributed by atoms with Crippen LogP contribution in [0.5, 0.6) is 0 Å². The number of ketones is 1. The Labute approximate surface area is 144 Å². The summed E-state index contributed by atoms with van der Waals surface area (Å²) in [6.45, 7) is 10.2. The smallest absolute Gasteiger partial charge is 0.230 e. The van der Waals surface area contributed by atoms with Crippen LogP contribution in [0.25, 0.3) is 0 Å². The van der Waals surface area contributed by atoms with E-state index in [1.807, 2.05) is 13.0 Å². The van der Waals surface area contributed by atoms with Crippen LogP contribution in [0.4, 0.5) is 0 Å². The molecular weight excluding hydrogens is 302 g/mol. The highest BCUT2D eigenvalue weighted by Crippen LogP contribution is 2.57. The van der Waals surface area contributed by atoms with Crippen LogP contribution in [-0.4, -0.2) is 22.4 Å². The first-order valence-corrected chi connectivity index (χ1v) is 9.10. The minimum Gasteiger partial charge on any atom is -0.382 e. The molecule has 1 saturated carbocycles. The van der Waals surface area contributed by atoms with Crippen molar-refractivity contribution in [1.29, 1.82) is 0 Å². The number of fused-ring (bicyclic) bond motifs is 1. The number of carbonyl (C=O) groups excluding carboxylic acids is 2. The van der Waals surface area contributed by atoms with E-state index in [-0.39, 0.29) is 23.5 Å². The lowest BCUT2D eigenvalue weighted by Crippen LogP contribution is -2.57. The quantitative estimate of drug-likeness (QED) is 0.670. The molecule has 1 amide bonds. The van der Waals surface area contributed by atoms with Crippen molar-refractivity contribution < 1.29 is 14.7 Å². The molecule has 4 atom stereocenters. The number of carbonyl (C=O) groups is 2. The second kappa shape index (κ2) is 5.83. The summed E-state index contributed by atoms with van der Waals surface area (Å²) in [5.74, 6) is 0.00902.